The zero-order chi connectivity index (χ0) is 14.5. The molecule has 0 nitrogen and oxygen atoms in total. The van der Waals surface area contributed by atoms with Crippen molar-refractivity contribution in [2.24, 2.45) is 17.8 Å². The highest BCUT2D eigenvalue weighted by Gasteiger charge is 2.05. The fourth-order valence-corrected chi connectivity index (χ4v) is 3.00. The summed E-state index contributed by atoms with van der Waals surface area (Å²) in [5.74, 6) is 2.80. The van der Waals surface area contributed by atoms with Crippen molar-refractivity contribution in [3.8, 4) is 0 Å². The molecule has 19 heavy (non-hydrogen) atoms. The van der Waals surface area contributed by atoms with E-state index >= 15 is 0 Å². The van der Waals surface area contributed by atoms with Crippen LogP contribution in [0.25, 0.3) is 0 Å². The molecule has 0 spiro atoms. The minimum absolute atomic E-state index is 0.893. The molecule has 0 saturated heterocycles. The molecule has 2 atom stereocenters. The summed E-state index contributed by atoms with van der Waals surface area (Å²) in [6.07, 6.45) is 15.8. The second-order valence-corrected chi connectivity index (χ2v) is 7.32. The second-order valence-electron chi connectivity index (χ2n) is 7.32. The minimum atomic E-state index is 0.893. The molecule has 0 aromatic rings. The van der Waals surface area contributed by atoms with Crippen LogP contribution in [0, 0.1) is 17.8 Å². The van der Waals surface area contributed by atoms with Gasteiger partial charge >= 0.3 is 0 Å². The van der Waals surface area contributed by atoms with Gasteiger partial charge in [0.1, 0.15) is 0 Å². The Bertz CT molecular complexity index is 171. The van der Waals surface area contributed by atoms with Crippen LogP contribution in [0.5, 0.6) is 0 Å². The van der Waals surface area contributed by atoms with Crippen LogP contribution in [0.4, 0.5) is 0 Å². The molecule has 2 unspecified atom stereocenters. The smallest absolute Gasteiger partial charge is 0.0443 e. The van der Waals surface area contributed by atoms with Gasteiger partial charge in [-0.3, -0.25) is 0 Å². The summed E-state index contributed by atoms with van der Waals surface area (Å²) in [6, 6.07) is 0. The molecule has 0 amide bonds. The van der Waals surface area contributed by atoms with E-state index in [9.17, 15) is 0 Å². The van der Waals surface area contributed by atoms with E-state index in [0.29, 0.717) is 0 Å². The van der Waals surface area contributed by atoms with E-state index in [2.05, 4.69) is 34.6 Å². The van der Waals surface area contributed by atoms with Gasteiger partial charge in [0, 0.05) is 0 Å². The van der Waals surface area contributed by atoms with Gasteiger partial charge in [-0.2, -0.15) is 0 Å². The van der Waals surface area contributed by atoms with Gasteiger partial charge in [-0.1, -0.05) is 105 Å². The lowest BCUT2D eigenvalue weighted by Crippen LogP contribution is -1.99. The molecule has 0 aromatic heterocycles. The molecular formula is C19H40. The highest BCUT2D eigenvalue weighted by molar-refractivity contribution is 4.58. The average molecular weight is 269 g/mol. The molecule has 0 fully saturated rings. The Labute approximate surface area is 123 Å². The van der Waals surface area contributed by atoms with E-state index in [1.807, 2.05) is 0 Å². The number of rotatable bonds is 13. The lowest BCUT2D eigenvalue weighted by molar-refractivity contribution is 0.397. The molecule has 0 heterocycles. The van der Waals surface area contributed by atoms with Gasteiger partial charge in [-0.25, -0.2) is 0 Å². The van der Waals surface area contributed by atoms with Crippen molar-refractivity contribution in [3.63, 3.8) is 0 Å². The van der Waals surface area contributed by atoms with E-state index in [0.717, 1.165) is 17.8 Å². The van der Waals surface area contributed by atoms with Gasteiger partial charge in [0.05, 0.1) is 0 Å². The van der Waals surface area contributed by atoms with Crippen molar-refractivity contribution in [2.45, 2.75) is 105 Å². The average Bonchev–Trinajstić information content (AvgIpc) is 2.33. The molecule has 116 valence electrons. The summed E-state index contributed by atoms with van der Waals surface area (Å²) in [4.78, 5) is 0. The Hall–Kier alpha value is 0. The van der Waals surface area contributed by atoms with E-state index in [4.69, 9.17) is 0 Å². The Morgan fingerprint density at radius 3 is 1.53 bits per heavy atom. The van der Waals surface area contributed by atoms with Crippen LogP contribution in [-0.4, -0.2) is 0 Å². The third kappa shape index (κ3) is 14.2. The van der Waals surface area contributed by atoms with Gasteiger partial charge in [0.15, 0.2) is 0 Å². The first-order valence-corrected chi connectivity index (χ1v) is 9.06. The third-order valence-corrected chi connectivity index (χ3v) is 4.40. The Kier molecular flexibility index (Phi) is 13.0. The molecule has 0 heteroatoms. The molecular weight excluding hydrogens is 228 g/mol. The molecule has 0 aromatic carbocycles. The van der Waals surface area contributed by atoms with E-state index in [1.165, 1.54) is 70.6 Å². The maximum Gasteiger partial charge on any atom is -0.0443 e. The van der Waals surface area contributed by atoms with E-state index < -0.39 is 0 Å². The number of unbranched alkanes of at least 4 members (excludes halogenated alkanes) is 3. The van der Waals surface area contributed by atoms with Crippen LogP contribution >= 0.6 is 0 Å². The van der Waals surface area contributed by atoms with Gasteiger partial charge < -0.3 is 0 Å². The van der Waals surface area contributed by atoms with Crippen LogP contribution in [0.3, 0.4) is 0 Å². The zero-order valence-corrected chi connectivity index (χ0v) is 14.5. The summed E-state index contributed by atoms with van der Waals surface area (Å²) in [6.45, 7) is 11.9. The van der Waals surface area contributed by atoms with Gasteiger partial charge in [-0.05, 0) is 17.8 Å². The zero-order valence-electron chi connectivity index (χ0n) is 14.5. The maximum absolute atomic E-state index is 2.46. The molecule has 0 aliphatic heterocycles. The van der Waals surface area contributed by atoms with Crippen molar-refractivity contribution in [2.75, 3.05) is 0 Å². The largest absolute Gasteiger partial charge is 0.0654 e. The molecule has 0 aliphatic carbocycles. The van der Waals surface area contributed by atoms with Crippen LogP contribution in [0.15, 0.2) is 0 Å². The molecule has 0 bridgehead atoms. The van der Waals surface area contributed by atoms with E-state index in [-0.39, 0.29) is 0 Å². The highest BCUT2D eigenvalue weighted by Crippen LogP contribution is 2.20. The summed E-state index contributed by atoms with van der Waals surface area (Å²) in [5, 5.41) is 0. The quantitative estimate of drug-likeness (QED) is 0.309. The minimum Gasteiger partial charge on any atom is -0.0654 e. The van der Waals surface area contributed by atoms with Crippen LogP contribution in [0.1, 0.15) is 105 Å². The lowest BCUT2D eigenvalue weighted by atomic mass is 9.93. The molecule has 0 rings (SSSR count). The molecule has 0 aliphatic rings. The fourth-order valence-electron chi connectivity index (χ4n) is 3.00. The standard InChI is InChI=1S/C19H40/c1-6-12-18(4)15-11-16-19(5)14-10-8-7-9-13-17(2)3/h17-19H,6-16H2,1-5H3. The first-order valence-electron chi connectivity index (χ1n) is 9.06. The topological polar surface area (TPSA) is 0 Å². The summed E-state index contributed by atoms with van der Waals surface area (Å²) >= 11 is 0. The van der Waals surface area contributed by atoms with E-state index in [1.54, 1.807) is 0 Å². The molecule has 0 N–H and O–H groups in total. The van der Waals surface area contributed by atoms with Crippen molar-refractivity contribution in [3.05, 3.63) is 0 Å². The lowest BCUT2D eigenvalue weighted by Gasteiger charge is -2.14. The summed E-state index contributed by atoms with van der Waals surface area (Å²) in [5.41, 5.74) is 0. The predicted molar refractivity (Wildman–Crippen MR) is 89.6 cm³/mol. The van der Waals surface area contributed by atoms with Crippen LogP contribution < -0.4 is 0 Å². The fraction of sp³-hybridized carbons (Fsp3) is 1.00. The SMILES string of the molecule is CCCC(C)CCCC(C)CCCCCCC(C)C. The maximum atomic E-state index is 2.46. The normalized spacial score (nSPS) is 14.8. The Balaban J connectivity index is 3.27. The van der Waals surface area contributed by atoms with Crippen molar-refractivity contribution < 1.29 is 0 Å². The second kappa shape index (κ2) is 13.0. The van der Waals surface area contributed by atoms with Gasteiger partial charge in [0.2, 0.25) is 0 Å². The van der Waals surface area contributed by atoms with Crippen LogP contribution in [0.2, 0.25) is 0 Å². The van der Waals surface area contributed by atoms with Crippen LogP contribution in [-0.2, 0) is 0 Å². The van der Waals surface area contributed by atoms with Crippen molar-refractivity contribution in [1.82, 2.24) is 0 Å². The molecule has 0 saturated carbocycles. The third-order valence-electron chi connectivity index (χ3n) is 4.40. The van der Waals surface area contributed by atoms with Gasteiger partial charge in [-0.15, -0.1) is 0 Å². The Morgan fingerprint density at radius 1 is 0.526 bits per heavy atom. The van der Waals surface area contributed by atoms with Crippen molar-refractivity contribution >= 4 is 0 Å². The highest BCUT2D eigenvalue weighted by atomic mass is 14.1. The predicted octanol–water partition coefficient (Wildman–Crippen LogP) is 7.23. The summed E-state index contributed by atoms with van der Waals surface area (Å²) < 4.78 is 0. The van der Waals surface area contributed by atoms with Gasteiger partial charge in [0.25, 0.3) is 0 Å². The Morgan fingerprint density at radius 2 is 1.00 bits per heavy atom. The number of hydrogen-bond donors (Lipinski definition) is 0. The molecule has 0 radical (unpaired) electrons. The number of hydrogen-bond acceptors (Lipinski definition) is 0. The first kappa shape index (κ1) is 19.0. The van der Waals surface area contributed by atoms with Crippen molar-refractivity contribution in [1.29, 1.82) is 0 Å². The summed E-state index contributed by atoms with van der Waals surface area (Å²) in [7, 11) is 0. The monoisotopic (exact) mass is 268 g/mol. The first-order chi connectivity index (χ1) is 9.06.